The Labute approximate surface area is 153 Å². The zero-order valence-corrected chi connectivity index (χ0v) is 14.8. The van der Waals surface area contributed by atoms with E-state index in [2.05, 4.69) is 11.2 Å². The summed E-state index contributed by atoms with van der Waals surface area (Å²) in [6, 6.07) is 16.0. The molecule has 0 atom stereocenters. The third kappa shape index (κ3) is 3.87. The summed E-state index contributed by atoms with van der Waals surface area (Å²) >= 11 is 0. The van der Waals surface area contributed by atoms with Gasteiger partial charge in [-0.1, -0.05) is 30.3 Å². The first kappa shape index (κ1) is 16.6. The van der Waals surface area contributed by atoms with Gasteiger partial charge >= 0.3 is 0 Å². The molecule has 2 aromatic carbocycles. The lowest BCUT2D eigenvalue weighted by molar-refractivity contribution is -0.134. The van der Waals surface area contributed by atoms with Gasteiger partial charge in [0.25, 0.3) is 5.91 Å². The fraction of sp³-hybridized carbons (Fsp3) is 0.333. The Morgan fingerprint density at radius 2 is 1.88 bits per heavy atom. The van der Waals surface area contributed by atoms with Gasteiger partial charge in [0.1, 0.15) is 5.75 Å². The average Bonchev–Trinajstić information content (AvgIpc) is 3.19. The molecule has 2 heterocycles. The van der Waals surface area contributed by atoms with Crippen molar-refractivity contribution >= 4 is 16.7 Å². The molecule has 0 unspecified atom stereocenters. The largest absolute Gasteiger partial charge is 0.484 e. The molecule has 0 N–H and O–H groups in total. The van der Waals surface area contributed by atoms with Crippen LogP contribution in [-0.4, -0.2) is 40.3 Å². The summed E-state index contributed by atoms with van der Waals surface area (Å²) in [5.41, 5.74) is 0. The van der Waals surface area contributed by atoms with Gasteiger partial charge < -0.3 is 9.64 Å². The van der Waals surface area contributed by atoms with Crippen LogP contribution in [0.3, 0.4) is 0 Å². The van der Waals surface area contributed by atoms with E-state index >= 15 is 0 Å². The smallest absolute Gasteiger partial charge is 0.260 e. The van der Waals surface area contributed by atoms with Gasteiger partial charge in [-0.05, 0) is 47.7 Å². The van der Waals surface area contributed by atoms with E-state index < -0.39 is 0 Å². The number of aromatic nitrogens is 2. The van der Waals surface area contributed by atoms with Gasteiger partial charge in [-0.2, -0.15) is 5.10 Å². The second-order valence-corrected chi connectivity index (χ2v) is 6.85. The first-order valence-corrected chi connectivity index (χ1v) is 9.15. The van der Waals surface area contributed by atoms with E-state index in [4.69, 9.17) is 4.74 Å². The van der Waals surface area contributed by atoms with Gasteiger partial charge in [-0.15, -0.1) is 0 Å². The molecule has 134 valence electrons. The molecular formula is C21H23N3O2. The second-order valence-electron chi connectivity index (χ2n) is 6.85. The highest BCUT2D eigenvalue weighted by atomic mass is 16.5. The third-order valence-electron chi connectivity index (χ3n) is 5.05. The first-order chi connectivity index (χ1) is 12.8. The van der Waals surface area contributed by atoms with E-state index in [0.717, 1.165) is 43.6 Å². The number of amides is 1. The zero-order chi connectivity index (χ0) is 17.8. The molecule has 1 aliphatic rings. The molecule has 1 fully saturated rings. The Balaban J connectivity index is 1.27. The molecule has 4 rings (SSSR count). The van der Waals surface area contributed by atoms with Crippen molar-refractivity contribution in [1.29, 1.82) is 0 Å². The number of likely N-dealkylation sites (tertiary alicyclic amines) is 1. The summed E-state index contributed by atoms with van der Waals surface area (Å²) < 4.78 is 7.71. The van der Waals surface area contributed by atoms with E-state index in [-0.39, 0.29) is 12.5 Å². The quantitative estimate of drug-likeness (QED) is 0.710. The van der Waals surface area contributed by atoms with E-state index in [1.807, 2.05) is 64.4 Å². The molecule has 0 saturated carbocycles. The highest BCUT2D eigenvalue weighted by molar-refractivity contribution is 5.84. The molecule has 1 aliphatic heterocycles. The molecule has 1 saturated heterocycles. The standard InChI is InChI=1S/C21H23N3O2/c25-21(16-26-20-7-6-18-4-1-2-5-19(18)14-20)23-12-8-17(9-13-23)15-24-11-3-10-22-24/h1-7,10-11,14,17H,8-9,12-13,15-16H2. The second kappa shape index (κ2) is 7.60. The molecule has 1 amide bonds. The summed E-state index contributed by atoms with van der Waals surface area (Å²) in [5.74, 6) is 1.39. The van der Waals surface area contributed by atoms with Crippen LogP contribution in [0.4, 0.5) is 0 Å². The maximum Gasteiger partial charge on any atom is 0.260 e. The van der Waals surface area contributed by atoms with Crippen LogP contribution in [0.25, 0.3) is 10.8 Å². The summed E-state index contributed by atoms with van der Waals surface area (Å²) in [6.45, 7) is 2.63. The van der Waals surface area contributed by atoms with Gasteiger partial charge in [0, 0.05) is 32.0 Å². The summed E-state index contributed by atoms with van der Waals surface area (Å²) in [5, 5.41) is 6.56. The van der Waals surface area contributed by atoms with Crippen molar-refractivity contribution in [3.05, 3.63) is 60.9 Å². The number of carbonyl (C=O) groups is 1. The van der Waals surface area contributed by atoms with E-state index in [1.54, 1.807) is 0 Å². The van der Waals surface area contributed by atoms with Crippen molar-refractivity contribution in [2.45, 2.75) is 19.4 Å². The lowest BCUT2D eigenvalue weighted by Gasteiger charge is -2.31. The fourth-order valence-corrected chi connectivity index (χ4v) is 3.53. The highest BCUT2D eigenvalue weighted by Gasteiger charge is 2.23. The van der Waals surface area contributed by atoms with Crippen LogP contribution in [-0.2, 0) is 11.3 Å². The molecular weight excluding hydrogens is 326 g/mol. The molecule has 26 heavy (non-hydrogen) atoms. The summed E-state index contributed by atoms with van der Waals surface area (Å²) in [4.78, 5) is 14.4. The van der Waals surface area contributed by atoms with Crippen molar-refractivity contribution < 1.29 is 9.53 Å². The van der Waals surface area contributed by atoms with Crippen molar-refractivity contribution in [2.75, 3.05) is 19.7 Å². The Bertz CT molecular complexity index is 868. The molecule has 0 bridgehead atoms. The number of carbonyl (C=O) groups excluding carboxylic acids is 1. The van der Waals surface area contributed by atoms with Crippen molar-refractivity contribution in [3.8, 4) is 5.75 Å². The minimum absolute atomic E-state index is 0.0655. The maximum atomic E-state index is 12.4. The molecule has 0 radical (unpaired) electrons. The molecule has 3 aromatic rings. The zero-order valence-electron chi connectivity index (χ0n) is 14.8. The van der Waals surface area contributed by atoms with Crippen LogP contribution in [0.2, 0.25) is 0 Å². The molecule has 5 nitrogen and oxygen atoms in total. The molecule has 5 heteroatoms. The SMILES string of the molecule is O=C(COc1ccc2ccccc2c1)N1CCC(Cn2cccn2)CC1. The Morgan fingerprint density at radius 1 is 1.08 bits per heavy atom. The number of piperidine rings is 1. The van der Waals surface area contributed by atoms with E-state index in [1.165, 1.54) is 5.39 Å². The maximum absolute atomic E-state index is 12.4. The minimum atomic E-state index is 0.0655. The third-order valence-corrected chi connectivity index (χ3v) is 5.05. The number of nitrogens with zero attached hydrogens (tertiary/aromatic N) is 3. The normalized spacial score (nSPS) is 15.3. The van der Waals surface area contributed by atoms with Crippen LogP contribution in [0.5, 0.6) is 5.75 Å². The predicted molar refractivity (Wildman–Crippen MR) is 101 cm³/mol. The number of ether oxygens (including phenoxy) is 1. The summed E-state index contributed by atoms with van der Waals surface area (Å²) in [6.07, 6.45) is 5.83. The number of hydrogen-bond donors (Lipinski definition) is 0. The van der Waals surface area contributed by atoms with Gasteiger partial charge in [-0.3, -0.25) is 9.48 Å². The Kier molecular flexibility index (Phi) is 4.86. The summed E-state index contributed by atoms with van der Waals surface area (Å²) in [7, 11) is 0. The molecule has 0 spiro atoms. The molecule has 0 aliphatic carbocycles. The average molecular weight is 349 g/mol. The number of rotatable bonds is 5. The van der Waals surface area contributed by atoms with E-state index in [0.29, 0.717) is 5.92 Å². The van der Waals surface area contributed by atoms with Gasteiger partial charge in [0.15, 0.2) is 6.61 Å². The Morgan fingerprint density at radius 3 is 2.65 bits per heavy atom. The number of hydrogen-bond acceptors (Lipinski definition) is 3. The van der Waals surface area contributed by atoms with Gasteiger partial charge in [-0.25, -0.2) is 0 Å². The topological polar surface area (TPSA) is 47.4 Å². The Hall–Kier alpha value is -2.82. The van der Waals surface area contributed by atoms with Crippen LogP contribution in [0.15, 0.2) is 60.9 Å². The van der Waals surface area contributed by atoms with Crippen LogP contribution >= 0.6 is 0 Å². The monoisotopic (exact) mass is 349 g/mol. The van der Waals surface area contributed by atoms with Crippen molar-refractivity contribution in [2.24, 2.45) is 5.92 Å². The van der Waals surface area contributed by atoms with Crippen molar-refractivity contribution in [3.63, 3.8) is 0 Å². The first-order valence-electron chi connectivity index (χ1n) is 9.15. The number of benzene rings is 2. The molecule has 1 aromatic heterocycles. The van der Waals surface area contributed by atoms with Crippen LogP contribution in [0.1, 0.15) is 12.8 Å². The van der Waals surface area contributed by atoms with Gasteiger partial charge in [0.05, 0.1) is 0 Å². The van der Waals surface area contributed by atoms with Gasteiger partial charge in [0.2, 0.25) is 0 Å². The van der Waals surface area contributed by atoms with E-state index in [9.17, 15) is 4.79 Å². The number of fused-ring (bicyclic) bond motifs is 1. The van der Waals surface area contributed by atoms with Crippen molar-refractivity contribution in [1.82, 2.24) is 14.7 Å². The lowest BCUT2D eigenvalue weighted by Crippen LogP contribution is -2.41. The van der Waals surface area contributed by atoms with Crippen LogP contribution < -0.4 is 4.74 Å². The van der Waals surface area contributed by atoms with Crippen LogP contribution in [0, 0.1) is 5.92 Å². The fourth-order valence-electron chi connectivity index (χ4n) is 3.53. The lowest BCUT2D eigenvalue weighted by atomic mass is 9.97. The predicted octanol–water partition coefficient (Wildman–Crippen LogP) is 3.35. The minimum Gasteiger partial charge on any atom is -0.484 e. The highest BCUT2D eigenvalue weighted by Crippen LogP contribution is 2.22.